The van der Waals surface area contributed by atoms with E-state index in [0.29, 0.717) is 0 Å². The molecule has 1 amide bonds. The number of alkyl halides is 2. The number of benzene rings is 1. The van der Waals surface area contributed by atoms with E-state index < -0.39 is 47.5 Å². The predicted molar refractivity (Wildman–Crippen MR) is 105 cm³/mol. The summed E-state index contributed by atoms with van der Waals surface area (Å²) < 4.78 is 55.6. The highest BCUT2D eigenvalue weighted by Crippen LogP contribution is 2.53. The third-order valence-electron chi connectivity index (χ3n) is 5.58. The zero-order valence-electron chi connectivity index (χ0n) is 16.8. The second-order valence-electron chi connectivity index (χ2n) is 7.78. The molecule has 31 heavy (non-hydrogen) atoms. The van der Waals surface area contributed by atoms with Gasteiger partial charge in [-0.25, -0.2) is 23.1 Å². The molecule has 4 rings (SSSR count). The Bertz CT molecular complexity index is 1060. The van der Waals surface area contributed by atoms with Crippen LogP contribution >= 0.6 is 0 Å². The molecule has 0 bridgehead atoms. The van der Waals surface area contributed by atoms with E-state index in [-0.39, 0.29) is 29.4 Å². The van der Waals surface area contributed by atoms with Crippen LogP contribution < -0.4 is 15.8 Å². The minimum atomic E-state index is -2.32. The molecule has 11 heteroatoms. The molecule has 1 saturated heterocycles. The van der Waals surface area contributed by atoms with Crippen LogP contribution in [-0.2, 0) is 10.3 Å². The molecule has 1 aromatic heterocycles. The lowest BCUT2D eigenvalue weighted by Gasteiger charge is -2.43. The molecule has 2 aromatic rings. The third kappa shape index (κ3) is 3.38. The fourth-order valence-electron chi connectivity index (χ4n) is 3.91. The van der Waals surface area contributed by atoms with Gasteiger partial charge in [-0.3, -0.25) is 9.79 Å². The standard InChI is InChI=1S/C20H20F3N5O3/c1-18(22)8-19(23)9-31-10-20(19,28-17(18)24)12-5-11(3-4-13(12)21)27-16(29)14-6-26-15(30-2)7-25-14/h3-7H,8-10H2,1-2H3,(H2,24,28)(H,27,29)/t18-,19+,20-/m1/s1. The number of nitrogens with one attached hydrogen (secondary N) is 1. The molecule has 2 aliphatic heterocycles. The number of nitrogens with zero attached hydrogens (tertiary/aromatic N) is 3. The van der Waals surface area contributed by atoms with Crippen molar-refractivity contribution < 1.29 is 27.4 Å². The number of amidine groups is 1. The van der Waals surface area contributed by atoms with Gasteiger partial charge in [0.15, 0.2) is 16.9 Å². The number of ether oxygens (including phenoxy) is 2. The minimum Gasteiger partial charge on any atom is -0.480 e. The average Bonchev–Trinajstić information content (AvgIpc) is 3.05. The maximum Gasteiger partial charge on any atom is 0.275 e. The Morgan fingerprint density at radius 1 is 1.26 bits per heavy atom. The van der Waals surface area contributed by atoms with Crippen LogP contribution in [0.1, 0.15) is 29.4 Å². The van der Waals surface area contributed by atoms with E-state index in [1.165, 1.54) is 31.6 Å². The number of aliphatic imine (C=N–C) groups is 1. The number of hydrogen-bond acceptors (Lipinski definition) is 7. The molecule has 0 unspecified atom stereocenters. The maximum atomic E-state index is 15.9. The van der Waals surface area contributed by atoms with Crippen molar-refractivity contribution in [3.05, 3.63) is 47.7 Å². The van der Waals surface area contributed by atoms with Crippen LogP contribution in [-0.4, -0.2) is 53.4 Å². The molecule has 1 fully saturated rings. The Balaban J connectivity index is 1.71. The van der Waals surface area contributed by atoms with Crippen molar-refractivity contribution in [2.24, 2.45) is 10.7 Å². The van der Waals surface area contributed by atoms with Gasteiger partial charge >= 0.3 is 0 Å². The molecule has 8 nitrogen and oxygen atoms in total. The van der Waals surface area contributed by atoms with Gasteiger partial charge < -0.3 is 20.5 Å². The highest BCUT2D eigenvalue weighted by Gasteiger charge is 2.65. The molecule has 164 valence electrons. The molecule has 2 aliphatic rings. The van der Waals surface area contributed by atoms with Gasteiger partial charge in [-0.05, 0) is 25.1 Å². The van der Waals surface area contributed by atoms with Crippen molar-refractivity contribution in [3.63, 3.8) is 0 Å². The van der Waals surface area contributed by atoms with Crippen molar-refractivity contribution in [2.45, 2.75) is 30.2 Å². The van der Waals surface area contributed by atoms with Gasteiger partial charge in [0.25, 0.3) is 5.91 Å². The monoisotopic (exact) mass is 435 g/mol. The van der Waals surface area contributed by atoms with Crippen molar-refractivity contribution in [1.82, 2.24) is 9.97 Å². The summed E-state index contributed by atoms with van der Waals surface area (Å²) in [6, 6.07) is 3.60. The van der Waals surface area contributed by atoms with E-state index in [1.54, 1.807) is 0 Å². The summed E-state index contributed by atoms with van der Waals surface area (Å²) >= 11 is 0. The first-order chi connectivity index (χ1) is 14.6. The Morgan fingerprint density at radius 3 is 2.71 bits per heavy atom. The van der Waals surface area contributed by atoms with Crippen LogP contribution in [0, 0.1) is 5.82 Å². The van der Waals surface area contributed by atoms with Gasteiger partial charge in [-0.1, -0.05) is 0 Å². The largest absolute Gasteiger partial charge is 0.480 e. The first kappa shape index (κ1) is 21.0. The highest BCUT2D eigenvalue weighted by molar-refractivity contribution is 6.02. The van der Waals surface area contributed by atoms with Crippen LogP contribution in [0.15, 0.2) is 35.6 Å². The Hall–Kier alpha value is -3.21. The second kappa shape index (κ2) is 7.19. The zero-order chi connectivity index (χ0) is 22.4. The number of hydrogen-bond donors (Lipinski definition) is 2. The van der Waals surface area contributed by atoms with Crippen molar-refractivity contribution in [3.8, 4) is 5.88 Å². The lowest BCUT2D eigenvalue weighted by Crippen LogP contribution is -2.58. The lowest BCUT2D eigenvalue weighted by atomic mass is 9.70. The number of carbonyl (C=O) groups is 1. The average molecular weight is 435 g/mol. The lowest BCUT2D eigenvalue weighted by molar-refractivity contribution is 0.0234. The van der Waals surface area contributed by atoms with Gasteiger partial charge in [0.05, 0.1) is 32.7 Å². The molecular formula is C20H20F3N5O3. The van der Waals surface area contributed by atoms with Crippen molar-refractivity contribution >= 4 is 17.4 Å². The van der Waals surface area contributed by atoms with Crippen LogP contribution in [0.3, 0.4) is 0 Å². The Labute approximate surface area is 175 Å². The van der Waals surface area contributed by atoms with Crippen LogP contribution in [0.2, 0.25) is 0 Å². The van der Waals surface area contributed by atoms with Crippen molar-refractivity contribution in [1.29, 1.82) is 0 Å². The fourth-order valence-corrected chi connectivity index (χ4v) is 3.91. The fraction of sp³-hybridized carbons (Fsp3) is 0.400. The molecule has 3 N–H and O–H groups in total. The Morgan fingerprint density at radius 2 is 2.03 bits per heavy atom. The molecular weight excluding hydrogens is 415 g/mol. The first-order valence-corrected chi connectivity index (χ1v) is 9.39. The van der Waals surface area contributed by atoms with E-state index in [0.717, 1.165) is 13.0 Å². The number of fused-ring (bicyclic) bond motifs is 1. The summed E-state index contributed by atoms with van der Waals surface area (Å²) in [5, 5.41) is 2.55. The minimum absolute atomic E-state index is 0.0120. The van der Waals surface area contributed by atoms with Gasteiger partial charge in [0.2, 0.25) is 5.88 Å². The number of nitrogens with two attached hydrogens (primary N) is 1. The summed E-state index contributed by atoms with van der Waals surface area (Å²) in [7, 11) is 1.41. The van der Waals surface area contributed by atoms with E-state index in [1.807, 2.05) is 0 Å². The number of rotatable bonds is 4. The van der Waals surface area contributed by atoms with Crippen LogP contribution in [0.5, 0.6) is 5.88 Å². The summed E-state index contributed by atoms with van der Waals surface area (Å²) in [6.45, 7) is 0.345. The van der Waals surface area contributed by atoms with Gasteiger partial charge in [0, 0.05) is 17.7 Å². The SMILES string of the molecule is COc1cnc(C(=O)Nc2ccc(F)c([C@]34COC[C@@]3(F)C[C@@](C)(F)C(N)=N4)c2)cn1. The highest BCUT2D eigenvalue weighted by atomic mass is 19.2. The number of halogens is 3. The molecule has 0 radical (unpaired) electrons. The van der Waals surface area contributed by atoms with Gasteiger partial charge in [-0.2, -0.15) is 0 Å². The Kier molecular flexibility index (Phi) is 4.88. The smallest absolute Gasteiger partial charge is 0.275 e. The topological polar surface area (TPSA) is 112 Å². The molecule has 0 saturated carbocycles. The van der Waals surface area contributed by atoms with E-state index >= 15 is 4.39 Å². The van der Waals surface area contributed by atoms with Gasteiger partial charge in [0.1, 0.15) is 17.3 Å². The number of methoxy groups -OCH3 is 1. The van der Waals surface area contributed by atoms with Crippen LogP contribution in [0.4, 0.5) is 18.9 Å². The summed E-state index contributed by atoms with van der Waals surface area (Å²) in [5.74, 6) is -1.61. The predicted octanol–water partition coefficient (Wildman–Crippen LogP) is 2.30. The summed E-state index contributed by atoms with van der Waals surface area (Å²) in [5.41, 5.74) is -0.667. The number of carbonyl (C=O) groups excluding carboxylic acids is 1. The third-order valence-corrected chi connectivity index (χ3v) is 5.58. The van der Waals surface area contributed by atoms with Crippen LogP contribution in [0.25, 0.3) is 0 Å². The number of anilines is 1. The second-order valence-corrected chi connectivity index (χ2v) is 7.78. The van der Waals surface area contributed by atoms with E-state index in [2.05, 4.69) is 20.3 Å². The molecule has 0 spiro atoms. The van der Waals surface area contributed by atoms with Gasteiger partial charge in [-0.15, -0.1) is 0 Å². The maximum absolute atomic E-state index is 15.9. The normalized spacial score (nSPS) is 29.8. The zero-order valence-corrected chi connectivity index (χ0v) is 16.8. The molecule has 3 heterocycles. The summed E-state index contributed by atoms with van der Waals surface area (Å²) in [4.78, 5) is 24.4. The quantitative estimate of drug-likeness (QED) is 0.762. The molecule has 0 aliphatic carbocycles. The van der Waals surface area contributed by atoms with E-state index in [9.17, 15) is 13.6 Å². The first-order valence-electron chi connectivity index (χ1n) is 9.39. The van der Waals surface area contributed by atoms with E-state index in [4.69, 9.17) is 15.2 Å². The van der Waals surface area contributed by atoms with Crippen molar-refractivity contribution in [2.75, 3.05) is 25.6 Å². The summed E-state index contributed by atoms with van der Waals surface area (Å²) in [6.07, 6.45) is 1.85. The number of amides is 1. The molecule has 3 atom stereocenters. The molecule has 1 aromatic carbocycles. The number of aromatic nitrogens is 2.